The van der Waals surface area contributed by atoms with Crippen molar-refractivity contribution in [2.24, 2.45) is 0 Å². The van der Waals surface area contributed by atoms with Crippen LogP contribution in [0.25, 0.3) is 0 Å². The van der Waals surface area contributed by atoms with Crippen LogP contribution < -0.4 is 10.6 Å². The lowest BCUT2D eigenvalue weighted by molar-refractivity contribution is -0.137. The number of carbonyl (C=O) groups excluding carboxylic acids is 1. The molecule has 0 spiro atoms. The van der Waals surface area contributed by atoms with Crippen LogP contribution in [0.3, 0.4) is 0 Å². The van der Waals surface area contributed by atoms with Gasteiger partial charge in [0, 0.05) is 11.9 Å². The van der Waals surface area contributed by atoms with Crippen LogP contribution in [0.5, 0.6) is 0 Å². The minimum Gasteiger partial charge on any atom is -0.324 e. The van der Waals surface area contributed by atoms with E-state index in [0.717, 1.165) is 12.1 Å². The summed E-state index contributed by atoms with van der Waals surface area (Å²) in [5, 5.41) is 5.09. The Morgan fingerprint density at radius 3 is 2.33 bits per heavy atom. The molecular weight excluding hydrogens is 364 g/mol. The van der Waals surface area contributed by atoms with Gasteiger partial charge in [-0.15, -0.1) is 0 Å². The van der Waals surface area contributed by atoms with Gasteiger partial charge in [-0.3, -0.25) is 4.79 Å². The SMILES string of the molecule is O=C(Nc1ccccc1F)c1ccnc(Nc2ccc(C(F)(F)F)cc2)n1. The van der Waals surface area contributed by atoms with Crippen LogP contribution in [0.4, 0.5) is 34.9 Å². The van der Waals surface area contributed by atoms with Crippen LogP contribution in [0, 0.1) is 5.82 Å². The molecule has 0 saturated carbocycles. The fourth-order valence-electron chi connectivity index (χ4n) is 2.17. The number of aromatic nitrogens is 2. The molecule has 3 rings (SSSR count). The summed E-state index contributed by atoms with van der Waals surface area (Å²) in [6.45, 7) is 0. The Labute approximate surface area is 151 Å². The molecule has 0 bridgehead atoms. The first-order valence-corrected chi connectivity index (χ1v) is 7.66. The standard InChI is InChI=1S/C18H12F4N4O/c19-13-3-1-2-4-14(13)25-16(27)15-9-10-23-17(26-15)24-12-7-5-11(6-8-12)18(20,21)22/h1-10H,(H,25,27)(H,23,24,26). The highest BCUT2D eigenvalue weighted by molar-refractivity contribution is 6.03. The third-order valence-corrected chi connectivity index (χ3v) is 3.48. The third kappa shape index (κ3) is 4.57. The lowest BCUT2D eigenvalue weighted by atomic mass is 10.2. The number of nitrogens with one attached hydrogen (secondary N) is 2. The zero-order chi connectivity index (χ0) is 19.4. The first kappa shape index (κ1) is 18.3. The van der Waals surface area contributed by atoms with E-state index in [4.69, 9.17) is 0 Å². The molecule has 1 heterocycles. The van der Waals surface area contributed by atoms with E-state index in [2.05, 4.69) is 20.6 Å². The monoisotopic (exact) mass is 376 g/mol. The first-order chi connectivity index (χ1) is 12.8. The molecule has 2 aromatic carbocycles. The molecule has 0 atom stereocenters. The molecule has 0 aliphatic heterocycles. The van der Waals surface area contributed by atoms with Crippen LogP contribution in [0.2, 0.25) is 0 Å². The average molecular weight is 376 g/mol. The minimum atomic E-state index is -4.43. The number of rotatable bonds is 4. The highest BCUT2D eigenvalue weighted by Crippen LogP contribution is 2.30. The van der Waals surface area contributed by atoms with Crippen LogP contribution in [0.1, 0.15) is 16.1 Å². The lowest BCUT2D eigenvalue weighted by Gasteiger charge is -2.09. The molecule has 0 unspecified atom stereocenters. The van der Waals surface area contributed by atoms with Gasteiger partial charge in [-0.05, 0) is 42.5 Å². The Kier molecular flexibility index (Phi) is 5.02. The van der Waals surface area contributed by atoms with Gasteiger partial charge in [-0.25, -0.2) is 14.4 Å². The second-order valence-electron chi connectivity index (χ2n) is 5.40. The summed E-state index contributed by atoms with van der Waals surface area (Å²) in [5.41, 5.74) is -0.511. The van der Waals surface area contributed by atoms with E-state index in [1.165, 1.54) is 42.6 Å². The number of alkyl halides is 3. The molecule has 1 aromatic heterocycles. The number of anilines is 3. The maximum Gasteiger partial charge on any atom is 0.416 e. The predicted molar refractivity (Wildman–Crippen MR) is 91.1 cm³/mol. The number of benzene rings is 2. The summed E-state index contributed by atoms with van der Waals surface area (Å²) in [4.78, 5) is 20.1. The summed E-state index contributed by atoms with van der Waals surface area (Å²) in [5.74, 6) is -1.24. The molecule has 9 heteroatoms. The number of carbonyl (C=O) groups is 1. The largest absolute Gasteiger partial charge is 0.416 e. The second kappa shape index (κ2) is 7.40. The van der Waals surface area contributed by atoms with E-state index in [9.17, 15) is 22.4 Å². The average Bonchev–Trinajstić information content (AvgIpc) is 2.63. The summed E-state index contributed by atoms with van der Waals surface area (Å²) in [6.07, 6.45) is -3.13. The zero-order valence-corrected chi connectivity index (χ0v) is 13.6. The van der Waals surface area contributed by atoms with Gasteiger partial charge in [0.15, 0.2) is 0 Å². The van der Waals surface area contributed by atoms with Crippen molar-refractivity contribution in [1.29, 1.82) is 0 Å². The number of hydrogen-bond acceptors (Lipinski definition) is 4. The van der Waals surface area contributed by atoms with Crippen LogP contribution in [-0.4, -0.2) is 15.9 Å². The number of halogens is 4. The van der Waals surface area contributed by atoms with Gasteiger partial charge in [0.05, 0.1) is 11.3 Å². The quantitative estimate of drug-likeness (QED) is 0.652. The van der Waals surface area contributed by atoms with Crippen molar-refractivity contribution in [1.82, 2.24) is 9.97 Å². The fraction of sp³-hybridized carbons (Fsp3) is 0.0556. The van der Waals surface area contributed by atoms with Gasteiger partial charge in [-0.2, -0.15) is 13.2 Å². The predicted octanol–water partition coefficient (Wildman–Crippen LogP) is 4.63. The fourth-order valence-corrected chi connectivity index (χ4v) is 2.17. The number of hydrogen-bond donors (Lipinski definition) is 2. The molecule has 1 amide bonds. The molecule has 0 aliphatic rings. The van der Waals surface area contributed by atoms with Crippen molar-refractivity contribution >= 4 is 23.2 Å². The third-order valence-electron chi connectivity index (χ3n) is 3.48. The summed E-state index contributed by atoms with van der Waals surface area (Å²) >= 11 is 0. The Hall–Kier alpha value is -3.49. The van der Waals surface area contributed by atoms with Crippen molar-refractivity contribution in [3.8, 4) is 0 Å². The van der Waals surface area contributed by atoms with Crippen molar-refractivity contribution < 1.29 is 22.4 Å². The Bertz CT molecular complexity index is 958. The molecule has 5 nitrogen and oxygen atoms in total. The van der Waals surface area contributed by atoms with E-state index in [1.54, 1.807) is 6.07 Å². The van der Waals surface area contributed by atoms with Crippen molar-refractivity contribution in [2.75, 3.05) is 10.6 Å². The van der Waals surface area contributed by atoms with E-state index in [1.807, 2.05) is 0 Å². The molecule has 0 radical (unpaired) electrons. The highest BCUT2D eigenvalue weighted by Gasteiger charge is 2.29. The molecule has 0 aliphatic carbocycles. The van der Waals surface area contributed by atoms with Crippen molar-refractivity contribution in [3.63, 3.8) is 0 Å². The summed E-state index contributed by atoms with van der Waals surface area (Å²) in [6, 6.07) is 11.2. The van der Waals surface area contributed by atoms with Gasteiger partial charge in [-0.1, -0.05) is 12.1 Å². The number of nitrogens with zero attached hydrogens (tertiary/aromatic N) is 2. The molecule has 0 saturated heterocycles. The zero-order valence-electron chi connectivity index (χ0n) is 13.6. The van der Waals surface area contributed by atoms with E-state index in [0.29, 0.717) is 5.69 Å². The molecule has 0 fully saturated rings. The van der Waals surface area contributed by atoms with Gasteiger partial charge in [0.1, 0.15) is 11.5 Å². The topological polar surface area (TPSA) is 66.9 Å². The molecule has 138 valence electrons. The highest BCUT2D eigenvalue weighted by atomic mass is 19.4. The minimum absolute atomic E-state index is 0.00152. The maximum atomic E-state index is 13.6. The number of amides is 1. The first-order valence-electron chi connectivity index (χ1n) is 7.66. The van der Waals surface area contributed by atoms with Crippen LogP contribution >= 0.6 is 0 Å². The lowest BCUT2D eigenvalue weighted by Crippen LogP contribution is -2.15. The Morgan fingerprint density at radius 2 is 1.67 bits per heavy atom. The molecule has 27 heavy (non-hydrogen) atoms. The molecular formula is C18H12F4N4O. The molecule has 2 N–H and O–H groups in total. The van der Waals surface area contributed by atoms with Gasteiger partial charge >= 0.3 is 6.18 Å². The summed E-state index contributed by atoms with van der Waals surface area (Å²) in [7, 11) is 0. The van der Waals surface area contributed by atoms with Gasteiger partial charge < -0.3 is 10.6 Å². The maximum absolute atomic E-state index is 13.6. The normalized spacial score (nSPS) is 11.1. The second-order valence-corrected chi connectivity index (χ2v) is 5.40. The Balaban J connectivity index is 1.73. The van der Waals surface area contributed by atoms with Crippen molar-refractivity contribution in [2.45, 2.75) is 6.18 Å². The van der Waals surface area contributed by atoms with E-state index < -0.39 is 23.5 Å². The Morgan fingerprint density at radius 1 is 0.963 bits per heavy atom. The van der Waals surface area contributed by atoms with Crippen LogP contribution in [0.15, 0.2) is 60.8 Å². The van der Waals surface area contributed by atoms with Crippen molar-refractivity contribution in [3.05, 3.63) is 77.9 Å². The smallest absolute Gasteiger partial charge is 0.324 e. The van der Waals surface area contributed by atoms with E-state index in [-0.39, 0.29) is 17.3 Å². The number of para-hydroxylation sites is 1. The summed E-state index contributed by atoms with van der Waals surface area (Å²) < 4.78 is 51.3. The van der Waals surface area contributed by atoms with Gasteiger partial charge in [0.2, 0.25) is 5.95 Å². The van der Waals surface area contributed by atoms with Gasteiger partial charge in [0.25, 0.3) is 5.91 Å². The van der Waals surface area contributed by atoms with Crippen LogP contribution in [-0.2, 0) is 6.18 Å². The van der Waals surface area contributed by atoms with E-state index >= 15 is 0 Å². The molecule has 3 aromatic rings.